The van der Waals surface area contributed by atoms with E-state index in [4.69, 9.17) is 18.9 Å². The van der Waals surface area contributed by atoms with Gasteiger partial charge in [0.05, 0.1) is 12.5 Å². The van der Waals surface area contributed by atoms with E-state index in [-0.39, 0.29) is 24.5 Å². The predicted molar refractivity (Wildman–Crippen MR) is 149 cm³/mol. The molecule has 208 valence electrons. The van der Waals surface area contributed by atoms with Gasteiger partial charge in [-0.1, -0.05) is 29.8 Å². The van der Waals surface area contributed by atoms with Crippen LogP contribution in [0, 0.1) is 6.92 Å². The highest BCUT2D eigenvalue weighted by atomic mass is 32.2. The van der Waals surface area contributed by atoms with E-state index in [1.54, 1.807) is 42.3 Å². The molecule has 0 aromatic heterocycles. The lowest BCUT2D eigenvalue weighted by Gasteiger charge is -2.35. The molecule has 9 heteroatoms. The standard InChI is InChI=1S/C31H31NO7S/c1-19-6-13-25(14-7-19)40-32-16-4-5-28(32)31(35)39-30-26-15-12-24(38-21(3)34)17-29(26)36-18-27(30)22-8-10-23(11-9-22)37-20(2)33/h6-15,17,27-28,30H,4-5,16,18H2,1-3H3. The van der Waals surface area contributed by atoms with Crippen molar-refractivity contribution in [1.82, 2.24) is 4.31 Å². The summed E-state index contributed by atoms with van der Waals surface area (Å²) in [5.74, 6) is -0.136. The van der Waals surface area contributed by atoms with Gasteiger partial charge in [0.25, 0.3) is 0 Å². The van der Waals surface area contributed by atoms with Crippen LogP contribution >= 0.6 is 11.9 Å². The number of hydrogen-bond donors (Lipinski definition) is 0. The van der Waals surface area contributed by atoms with E-state index in [1.165, 1.54) is 19.4 Å². The van der Waals surface area contributed by atoms with E-state index < -0.39 is 18.0 Å². The molecule has 0 N–H and O–H groups in total. The SMILES string of the molecule is CC(=O)Oc1ccc(C2COc3cc(OC(C)=O)ccc3C2OC(=O)C2CCCN2Sc2ccc(C)cc2)cc1. The Morgan fingerprint density at radius 1 is 0.900 bits per heavy atom. The van der Waals surface area contributed by atoms with Gasteiger partial charge in [-0.3, -0.25) is 14.4 Å². The molecule has 1 fully saturated rings. The number of fused-ring (bicyclic) bond motifs is 1. The number of carbonyl (C=O) groups excluding carboxylic acids is 3. The highest BCUT2D eigenvalue weighted by Crippen LogP contribution is 2.45. The second kappa shape index (κ2) is 12.1. The van der Waals surface area contributed by atoms with Crippen molar-refractivity contribution in [3.8, 4) is 17.2 Å². The molecule has 3 aromatic rings. The summed E-state index contributed by atoms with van der Waals surface area (Å²) in [6, 6.07) is 20.1. The first-order valence-electron chi connectivity index (χ1n) is 13.2. The summed E-state index contributed by atoms with van der Waals surface area (Å²) in [6.07, 6.45) is 0.977. The second-order valence-electron chi connectivity index (χ2n) is 9.93. The van der Waals surface area contributed by atoms with E-state index in [2.05, 4.69) is 28.6 Å². The van der Waals surface area contributed by atoms with Gasteiger partial charge in [0, 0.05) is 36.9 Å². The van der Waals surface area contributed by atoms with Gasteiger partial charge in [0.15, 0.2) is 0 Å². The highest BCUT2D eigenvalue weighted by molar-refractivity contribution is 7.97. The Hall–Kier alpha value is -3.82. The van der Waals surface area contributed by atoms with Gasteiger partial charge in [0.2, 0.25) is 0 Å². The number of benzene rings is 3. The predicted octanol–water partition coefficient (Wildman–Crippen LogP) is 5.78. The molecule has 3 atom stereocenters. The smallest absolute Gasteiger partial charge is 0.324 e. The maximum Gasteiger partial charge on any atom is 0.324 e. The van der Waals surface area contributed by atoms with E-state index in [0.717, 1.165) is 23.4 Å². The summed E-state index contributed by atoms with van der Waals surface area (Å²) < 4.78 is 24.9. The van der Waals surface area contributed by atoms with Crippen LogP contribution in [-0.4, -0.2) is 41.4 Å². The van der Waals surface area contributed by atoms with Crippen LogP contribution in [0.2, 0.25) is 0 Å². The van der Waals surface area contributed by atoms with Crippen molar-refractivity contribution in [2.24, 2.45) is 0 Å². The van der Waals surface area contributed by atoms with Crippen LogP contribution in [0.4, 0.5) is 0 Å². The molecule has 0 bridgehead atoms. The van der Waals surface area contributed by atoms with Crippen molar-refractivity contribution in [3.05, 3.63) is 83.4 Å². The van der Waals surface area contributed by atoms with E-state index in [1.807, 2.05) is 19.1 Å². The molecule has 8 nitrogen and oxygen atoms in total. The Bertz CT molecular complexity index is 1390. The third-order valence-corrected chi connectivity index (χ3v) is 8.02. The Morgan fingerprint density at radius 2 is 1.57 bits per heavy atom. The summed E-state index contributed by atoms with van der Waals surface area (Å²) in [7, 11) is 0. The maximum atomic E-state index is 13.7. The number of hydrogen-bond acceptors (Lipinski definition) is 9. The van der Waals surface area contributed by atoms with Gasteiger partial charge in [-0.25, -0.2) is 4.31 Å². The first-order valence-corrected chi connectivity index (χ1v) is 14.0. The first-order chi connectivity index (χ1) is 19.3. The Morgan fingerprint density at radius 3 is 2.27 bits per heavy atom. The van der Waals surface area contributed by atoms with Crippen LogP contribution in [0.15, 0.2) is 71.6 Å². The monoisotopic (exact) mass is 561 g/mol. The third-order valence-electron chi connectivity index (χ3n) is 6.87. The van der Waals surface area contributed by atoms with Gasteiger partial charge >= 0.3 is 17.9 Å². The third kappa shape index (κ3) is 6.48. The summed E-state index contributed by atoms with van der Waals surface area (Å²) in [6.45, 7) is 5.76. The lowest BCUT2D eigenvalue weighted by atomic mass is 9.87. The van der Waals surface area contributed by atoms with Crippen molar-refractivity contribution in [3.63, 3.8) is 0 Å². The molecule has 5 rings (SSSR count). The number of rotatable bonds is 7. The lowest BCUT2D eigenvalue weighted by Crippen LogP contribution is -2.36. The molecule has 2 aliphatic rings. The molecule has 0 spiro atoms. The molecule has 2 aliphatic heterocycles. The van der Waals surface area contributed by atoms with Crippen LogP contribution in [0.3, 0.4) is 0 Å². The normalized spacial score (nSPS) is 20.2. The van der Waals surface area contributed by atoms with Gasteiger partial charge in [-0.15, -0.1) is 0 Å². The van der Waals surface area contributed by atoms with Gasteiger partial charge in [0.1, 0.15) is 29.4 Å². The number of nitrogens with zero attached hydrogens (tertiary/aromatic N) is 1. The minimum atomic E-state index is -0.631. The van der Waals surface area contributed by atoms with Crippen molar-refractivity contribution in [1.29, 1.82) is 0 Å². The largest absolute Gasteiger partial charge is 0.492 e. The number of ether oxygens (including phenoxy) is 4. The highest BCUT2D eigenvalue weighted by Gasteiger charge is 2.40. The van der Waals surface area contributed by atoms with E-state index in [9.17, 15) is 14.4 Å². The van der Waals surface area contributed by atoms with Gasteiger partial charge in [-0.05, 0) is 73.7 Å². The summed E-state index contributed by atoms with van der Waals surface area (Å²) in [5, 5.41) is 0. The molecule has 40 heavy (non-hydrogen) atoms. The molecule has 0 aliphatic carbocycles. The Balaban J connectivity index is 1.40. The molecule has 0 amide bonds. The second-order valence-corrected chi connectivity index (χ2v) is 11.1. The molecule has 1 saturated heterocycles. The summed E-state index contributed by atoms with van der Waals surface area (Å²) >= 11 is 1.57. The summed E-state index contributed by atoms with van der Waals surface area (Å²) in [4.78, 5) is 37.6. The van der Waals surface area contributed by atoms with Gasteiger partial charge < -0.3 is 18.9 Å². The molecule has 0 saturated carbocycles. The minimum Gasteiger partial charge on any atom is -0.492 e. The fourth-order valence-electron chi connectivity index (χ4n) is 4.98. The van der Waals surface area contributed by atoms with Crippen LogP contribution in [-0.2, 0) is 19.1 Å². The zero-order valence-electron chi connectivity index (χ0n) is 22.6. The van der Waals surface area contributed by atoms with E-state index >= 15 is 0 Å². The Labute approximate surface area is 237 Å². The quantitative estimate of drug-likeness (QED) is 0.202. The first kappa shape index (κ1) is 27.7. The number of aryl methyl sites for hydroxylation is 1. The van der Waals surface area contributed by atoms with Crippen molar-refractivity contribution in [2.75, 3.05) is 13.2 Å². The molecule has 2 heterocycles. The molecule has 0 radical (unpaired) electrons. The average Bonchev–Trinajstić information content (AvgIpc) is 3.38. The van der Waals surface area contributed by atoms with Crippen molar-refractivity contribution < 1.29 is 33.3 Å². The van der Waals surface area contributed by atoms with Gasteiger partial charge in [-0.2, -0.15) is 0 Å². The van der Waals surface area contributed by atoms with E-state index in [0.29, 0.717) is 29.2 Å². The number of carbonyl (C=O) groups is 3. The lowest BCUT2D eigenvalue weighted by molar-refractivity contribution is -0.155. The average molecular weight is 562 g/mol. The zero-order valence-corrected chi connectivity index (χ0v) is 23.4. The van der Waals surface area contributed by atoms with Crippen molar-refractivity contribution >= 4 is 29.9 Å². The fourth-order valence-corrected chi connectivity index (χ4v) is 6.04. The minimum absolute atomic E-state index is 0.244. The molecule has 3 unspecified atom stereocenters. The summed E-state index contributed by atoms with van der Waals surface area (Å²) in [5.41, 5.74) is 2.75. The molecule has 3 aromatic carbocycles. The molecular weight excluding hydrogens is 530 g/mol. The van der Waals surface area contributed by atoms with Crippen LogP contribution < -0.4 is 14.2 Å². The maximum absolute atomic E-state index is 13.7. The zero-order chi connectivity index (χ0) is 28.2. The number of esters is 3. The Kier molecular flexibility index (Phi) is 8.42. The topological polar surface area (TPSA) is 91.4 Å². The molecular formula is C31H31NO7S. The van der Waals surface area contributed by atoms with Crippen LogP contribution in [0.5, 0.6) is 17.2 Å². The van der Waals surface area contributed by atoms with Crippen molar-refractivity contribution in [2.45, 2.75) is 56.6 Å². The van der Waals surface area contributed by atoms with Crippen LogP contribution in [0.25, 0.3) is 0 Å². The van der Waals surface area contributed by atoms with Crippen LogP contribution in [0.1, 0.15) is 55.4 Å². The fraction of sp³-hybridized carbons (Fsp3) is 0.323.